The van der Waals surface area contributed by atoms with E-state index < -0.39 is 17.3 Å². The molecule has 0 radical (unpaired) electrons. The normalized spacial score (nSPS) is 10.9. The predicted molar refractivity (Wildman–Crippen MR) is 61.9 cm³/mol. The quantitative estimate of drug-likeness (QED) is 0.807. The maximum absolute atomic E-state index is 10.8. The Morgan fingerprint density at radius 2 is 1.82 bits per heavy atom. The van der Waals surface area contributed by atoms with E-state index in [0.29, 0.717) is 11.3 Å². The lowest BCUT2D eigenvalue weighted by molar-refractivity contribution is -0.148. The average Bonchev–Trinajstić information content (AvgIpc) is 2.27. The lowest BCUT2D eigenvalue weighted by Gasteiger charge is -2.19. The van der Waals surface area contributed by atoms with E-state index in [4.69, 9.17) is 15.6 Å². The van der Waals surface area contributed by atoms with Gasteiger partial charge in [-0.15, -0.1) is 0 Å². The number of carboxylic acids is 1. The van der Waals surface area contributed by atoms with Gasteiger partial charge >= 0.3 is 5.97 Å². The van der Waals surface area contributed by atoms with Crippen molar-refractivity contribution in [2.24, 2.45) is 11.1 Å². The molecule has 0 atom stereocenters. The van der Waals surface area contributed by atoms with E-state index >= 15 is 0 Å². The van der Waals surface area contributed by atoms with Crippen LogP contribution in [-0.2, 0) is 4.79 Å². The lowest BCUT2D eigenvalue weighted by Crippen LogP contribution is -2.30. The summed E-state index contributed by atoms with van der Waals surface area (Å²) in [6.07, 6.45) is 0. The first-order chi connectivity index (χ1) is 7.83. The fourth-order valence-corrected chi connectivity index (χ4v) is 1.04. The van der Waals surface area contributed by atoms with Crippen molar-refractivity contribution in [2.45, 2.75) is 13.8 Å². The Bertz CT molecular complexity index is 423. The maximum atomic E-state index is 10.8. The molecule has 0 heterocycles. The summed E-state index contributed by atoms with van der Waals surface area (Å²) in [7, 11) is 0. The SMILES string of the molecule is CC(C)(COc1ccc(C(N)=O)cc1)C(=O)O. The summed E-state index contributed by atoms with van der Waals surface area (Å²) < 4.78 is 5.33. The molecule has 5 nitrogen and oxygen atoms in total. The van der Waals surface area contributed by atoms with Gasteiger partial charge in [0.2, 0.25) is 5.91 Å². The Kier molecular flexibility index (Phi) is 3.73. The smallest absolute Gasteiger partial charge is 0.312 e. The van der Waals surface area contributed by atoms with Gasteiger partial charge in [0.05, 0.1) is 5.41 Å². The third kappa shape index (κ3) is 3.48. The van der Waals surface area contributed by atoms with Crippen molar-refractivity contribution in [3.8, 4) is 5.75 Å². The fraction of sp³-hybridized carbons (Fsp3) is 0.333. The van der Waals surface area contributed by atoms with Crippen LogP contribution in [0.1, 0.15) is 24.2 Å². The van der Waals surface area contributed by atoms with Crippen LogP contribution in [-0.4, -0.2) is 23.6 Å². The molecular weight excluding hydrogens is 222 g/mol. The number of carboxylic acid groups (broad SMARTS) is 1. The van der Waals surface area contributed by atoms with E-state index in [1.807, 2.05) is 0 Å². The van der Waals surface area contributed by atoms with Gasteiger partial charge in [0, 0.05) is 5.56 Å². The molecule has 5 heteroatoms. The van der Waals surface area contributed by atoms with Gasteiger partial charge in [0.1, 0.15) is 12.4 Å². The molecule has 3 N–H and O–H groups in total. The van der Waals surface area contributed by atoms with Crippen molar-refractivity contribution in [3.63, 3.8) is 0 Å². The molecule has 1 amide bonds. The first kappa shape index (κ1) is 13.0. The summed E-state index contributed by atoms with van der Waals surface area (Å²) in [5.74, 6) is -0.932. The number of aliphatic carboxylic acids is 1. The highest BCUT2D eigenvalue weighted by atomic mass is 16.5. The third-order valence-electron chi connectivity index (χ3n) is 2.32. The number of ether oxygens (including phenoxy) is 1. The predicted octanol–water partition coefficient (Wildman–Crippen LogP) is 1.28. The summed E-state index contributed by atoms with van der Waals surface area (Å²) in [5.41, 5.74) is 4.52. The Morgan fingerprint density at radius 3 is 2.24 bits per heavy atom. The van der Waals surface area contributed by atoms with Crippen LogP contribution in [0.5, 0.6) is 5.75 Å². The lowest BCUT2D eigenvalue weighted by atomic mass is 9.95. The number of hydrogen-bond acceptors (Lipinski definition) is 3. The Balaban J connectivity index is 2.65. The number of nitrogens with two attached hydrogens (primary N) is 1. The molecule has 0 aliphatic heterocycles. The highest BCUT2D eigenvalue weighted by molar-refractivity contribution is 5.92. The molecule has 92 valence electrons. The van der Waals surface area contributed by atoms with Gasteiger partial charge in [0.25, 0.3) is 0 Å². The number of carbonyl (C=O) groups is 2. The molecule has 0 fully saturated rings. The topological polar surface area (TPSA) is 89.6 Å². The van der Waals surface area contributed by atoms with E-state index in [0.717, 1.165) is 0 Å². The van der Waals surface area contributed by atoms with Gasteiger partial charge < -0.3 is 15.6 Å². The highest BCUT2D eigenvalue weighted by Crippen LogP contribution is 2.19. The first-order valence-corrected chi connectivity index (χ1v) is 5.09. The van der Waals surface area contributed by atoms with Crippen molar-refractivity contribution in [1.29, 1.82) is 0 Å². The van der Waals surface area contributed by atoms with Crippen molar-refractivity contribution in [2.75, 3.05) is 6.61 Å². The minimum absolute atomic E-state index is 0.0538. The molecule has 0 bridgehead atoms. The van der Waals surface area contributed by atoms with Gasteiger partial charge in [0.15, 0.2) is 0 Å². The van der Waals surface area contributed by atoms with Gasteiger partial charge in [-0.05, 0) is 38.1 Å². The Morgan fingerprint density at radius 1 is 1.29 bits per heavy atom. The van der Waals surface area contributed by atoms with Crippen LogP contribution in [0.15, 0.2) is 24.3 Å². The van der Waals surface area contributed by atoms with E-state index in [9.17, 15) is 9.59 Å². The molecule has 0 aliphatic rings. The van der Waals surface area contributed by atoms with Crippen molar-refractivity contribution < 1.29 is 19.4 Å². The van der Waals surface area contributed by atoms with Crippen LogP contribution >= 0.6 is 0 Å². The molecule has 0 unspecified atom stereocenters. The Labute approximate surface area is 99.2 Å². The number of amides is 1. The van der Waals surface area contributed by atoms with Crippen LogP contribution in [0, 0.1) is 5.41 Å². The number of rotatable bonds is 5. The molecular formula is C12H15NO4. The van der Waals surface area contributed by atoms with Crippen molar-refractivity contribution in [1.82, 2.24) is 0 Å². The molecule has 0 aromatic heterocycles. The zero-order valence-electron chi connectivity index (χ0n) is 9.77. The second-order valence-corrected chi connectivity index (χ2v) is 4.37. The number of primary amides is 1. The summed E-state index contributed by atoms with van der Waals surface area (Å²) >= 11 is 0. The molecule has 17 heavy (non-hydrogen) atoms. The summed E-state index contributed by atoms with van der Waals surface area (Å²) in [6, 6.07) is 6.23. The fourth-order valence-electron chi connectivity index (χ4n) is 1.04. The monoisotopic (exact) mass is 237 g/mol. The van der Waals surface area contributed by atoms with E-state index in [-0.39, 0.29) is 6.61 Å². The second-order valence-electron chi connectivity index (χ2n) is 4.37. The zero-order chi connectivity index (χ0) is 13.1. The van der Waals surface area contributed by atoms with Gasteiger partial charge in [-0.25, -0.2) is 0 Å². The minimum Gasteiger partial charge on any atom is -0.492 e. The molecule has 0 aliphatic carbocycles. The molecule has 1 rings (SSSR count). The molecule has 1 aromatic rings. The standard InChI is InChI=1S/C12H15NO4/c1-12(2,11(15)16)7-17-9-5-3-8(4-6-9)10(13)14/h3-6H,7H2,1-2H3,(H2,13,14)(H,15,16). The van der Waals surface area contributed by atoms with Crippen molar-refractivity contribution in [3.05, 3.63) is 29.8 Å². The number of benzene rings is 1. The first-order valence-electron chi connectivity index (χ1n) is 5.09. The van der Waals surface area contributed by atoms with Crippen LogP contribution < -0.4 is 10.5 Å². The van der Waals surface area contributed by atoms with Crippen LogP contribution in [0.4, 0.5) is 0 Å². The van der Waals surface area contributed by atoms with Crippen LogP contribution in [0.25, 0.3) is 0 Å². The summed E-state index contributed by atoms with van der Waals surface area (Å²) in [6.45, 7) is 3.21. The van der Waals surface area contributed by atoms with E-state index in [1.54, 1.807) is 26.0 Å². The van der Waals surface area contributed by atoms with Crippen LogP contribution in [0.2, 0.25) is 0 Å². The van der Waals surface area contributed by atoms with E-state index in [1.165, 1.54) is 12.1 Å². The maximum Gasteiger partial charge on any atom is 0.312 e. The molecule has 0 saturated heterocycles. The molecule has 0 spiro atoms. The van der Waals surface area contributed by atoms with E-state index in [2.05, 4.69) is 0 Å². The largest absolute Gasteiger partial charge is 0.492 e. The average molecular weight is 237 g/mol. The molecule has 1 aromatic carbocycles. The van der Waals surface area contributed by atoms with Gasteiger partial charge in [-0.2, -0.15) is 0 Å². The van der Waals surface area contributed by atoms with Crippen LogP contribution in [0.3, 0.4) is 0 Å². The Hall–Kier alpha value is -2.04. The second kappa shape index (κ2) is 4.86. The number of carbonyl (C=O) groups excluding carboxylic acids is 1. The van der Waals surface area contributed by atoms with Gasteiger partial charge in [-0.3, -0.25) is 9.59 Å². The number of hydrogen-bond donors (Lipinski definition) is 2. The summed E-state index contributed by atoms with van der Waals surface area (Å²) in [5, 5.41) is 8.89. The summed E-state index contributed by atoms with van der Waals surface area (Å²) in [4.78, 5) is 21.7. The molecule has 0 saturated carbocycles. The van der Waals surface area contributed by atoms with Gasteiger partial charge in [-0.1, -0.05) is 0 Å². The highest BCUT2D eigenvalue weighted by Gasteiger charge is 2.28. The zero-order valence-corrected chi connectivity index (χ0v) is 9.77. The minimum atomic E-state index is -0.956. The van der Waals surface area contributed by atoms with Crippen molar-refractivity contribution >= 4 is 11.9 Å². The third-order valence-corrected chi connectivity index (χ3v) is 2.32.